The van der Waals surface area contributed by atoms with Crippen LogP contribution >= 0.6 is 0 Å². The Morgan fingerprint density at radius 1 is 1.07 bits per heavy atom. The SMILES string of the molecule is O=C(O)C(O)C(O)C(O)C(O)CO.[InH3]. The van der Waals surface area contributed by atoms with Gasteiger partial charge in [0.05, 0.1) is 6.61 Å². The molecule has 0 bridgehead atoms. The van der Waals surface area contributed by atoms with Crippen molar-refractivity contribution in [1.82, 2.24) is 0 Å². The second-order valence-electron chi connectivity index (χ2n) is 2.51. The predicted molar refractivity (Wildman–Crippen MR) is 48.7 cm³/mol. The van der Waals surface area contributed by atoms with E-state index in [2.05, 4.69) is 0 Å². The molecule has 8 heteroatoms. The summed E-state index contributed by atoms with van der Waals surface area (Å²) in [5.74, 6) is -1.73. The molecule has 0 saturated heterocycles. The van der Waals surface area contributed by atoms with E-state index < -0.39 is 37.0 Å². The van der Waals surface area contributed by atoms with Gasteiger partial charge in [-0.3, -0.25) is 0 Å². The average Bonchev–Trinajstić information content (AvgIpc) is 2.12. The zero-order valence-corrected chi connectivity index (χ0v) is 6.61. The van der Waals surface area contributed by atoms with E-state index in [0.29, 0.717) is 0 Å². The monoisotopic (exact) mass is 314 g/mol. The first-order valence-electron chi connectivity index (χ1n) is 3.47. The first-order chi connectivity index (χ1) is 5.91. The van der Waals surface area contributed by atoms with Gasteiger partial charge in [-0.15, -0.1) is 0 Å². The molecule has 4 atom stereocenters. The van der Waals surface area contributed by atoms with E-state index in [0.717, 1.165) is 0 Å². The van der Waals surface area contributed by atoms with Gasteiger partial charge in [-0.1, -0.05) is 0 Å². The molecular weight excluding hydrogens is 299 g/mol. The third-order valence-electron chi connectivity index (χ3n) is 1.51. The van der Waals surface area contributed by atoms with Gasteiger partial charge < -0.3 is 30.6 Å². The van der Waals surface area contributed by atoms with Crippen LogP contribution in [0.2, 0.25) is 0 Å². The van der Waals surface area contributed by atoms with Gasteiger partial charge >= 0.3 is 31.8 Å². The molecule has 4 unspecified atom stereocenters. The van der Waals surface area contributed by atoms with Crippen LogP contribution in [0.25, 0.3) is 0 Å². The van der Waals surface area contributed by atoms with E-state index >= 15 is 0 Å². The number of aliphatic carboxylic acids is 1. The number of carbonyl (C=O) groups is 1. The summed E-state index contributed by atoms with van der Waals surface area (Å²) in [6, 6.07) is 0. The zero-order chi connectivity index (χ0) is 10.6. The third-order valence-corrected chi connectivity index (χ3v) is 1.51. The van der Waals surface area contributed by atoms with Gasteiger partial charge in [-0.05, 0) is 0 Å². The summed E-state index contributed by atoms with van der Waals surface area (Å²) in [7, 11) is 0. The normalized spacial score (nSPS) is 18.9. The van der Waals surface area contributed by atoms with Crippen LogP contribution in [0.5, 0.6) is 0 Å². The van der Waals surface area contributed by atoms with E-state index in [9.17, 15) is 4.79 Å². The Morgan fingerprint density at radius 2 is 1.50 bits per heavy atom. The van der Waals surface area contributed by atoms with Crippen molar-refractivity contribution < 1.29 is 35.4 Å². The van der Waals surface area contributed by atoms with Crippen molar-refractivity contribution in [3.8, 4) is 0 Å². The minimum atomic E-state index is -2.20. The van der Waals surface area contributed by atoms with Crippen molar-refractivity contribution >= 4 is 31.8 Å². The van der Waals surface area contributed by atoms with Crippen molar-refractivity contribution in [2.75, 3.05) is 6.61 Å². The number of aliphatic hydroxyl groups excluding tert-OH is 5. The molecule has 0 radical (unpaired) electrons. The Hall–Kier alpha value is 0.140. The van der Waals surface area contributed by atoms with Crippen LogP contribution in [-0.4, -0.2) is 93.5 Å². The second kappa shape index (κ2) is 7.43. The van der Waals surface area contributed by atoms with Crippen LogP contribution in [0.4, 0.5) is 0 Å². The van der Waals surface area contributed by atoms with E-state index in [1.54, 1.807) is 0 Å². The maximum atomic E-state index is 10.1. The Kier molecular flexibility index (Phi) is 8.80. The molecule has 0 aliphatic rings. The molecule has 0 aliphatic heterocycles. The summed E-state index contributed by atoms with van der Waals surface area (Å²) in [5.41, 5.74) is 0. The fourth-order valence-corrected chi connectivity index (χ4v) is 0.668. The van der Waals surface area contributed by atoms with Crippen LogP contribution in [0.1, 0.15) is 0 Å². The van der Waals surface area contributed by atoms with Gasteiger partial charge in [0.1, 0.15) is 18.3 Å². The molecule has 0 spiro atoms. The van der Waals surface area contributed by atoms with Crippen LogP contribution in [0, 0.1) is 0 Å². The van der Waals surface area contributed by atoms with Crippen molar-refractivity contribution in [3.63, 3.8) is 0 Å². The van der Waals surface area contributed by atoms with Gasteiger partial charge in [-0.25, -0.2) is 4.79 Å². The van der Waals surface area contributed by atoms with E-state index in [1.807, 2.05) is 0 Å². The van der Waals surface area contributed by atoms with E-state index in [1.165, 1.54) is 0 Å². The number of rotatable bonds is 5. The predicted octanol–water partition coefficient (Wildman–Crippen LogP) is -4.68. The molecule has 84 valence electrons. The van der Waals surface area contributed by atoms with Crippen LogP contribution in [0.15, 0.2) is 0 Å². The molecule has 0 fully saturated rings. The summed E-state index contributed by atoms with van der Waals surface area (Å²) in [6.45, 7) is -0.843. The Balaban J connectivity index is 0. The topological polar surface area (TPSA) is 138 Å². The van der Waals surface area contributed by atoms with Gasteiger partial charge in [0.2, 0.25) is 0 Å². The molecule has 0 aliphatic carbocycles. The van der Waals surface area contributed by atoms with Crippen LogP contribution in [0.3, 0.4) is 0 Å². The summed E-state index contributed by atoms with van der Waals surface area (Å²) in [6.07, 6.45) is -7.84. The van der Waals surface area contributed by atoms with Crippen molar-refractivity contribution in [3.05, 3.63) is 0 Å². The molecule has 6 N–H and O–H groups in total. The van der Waals surface area contributed by atoms with Gasteiger partial charge in [0.25, 0.3) is 0 Å². The summed E-state index contributed by atoms with van der Waals surface area (Å²) < 4.78 is 0. The fraction of sp³-hybridized carbons (Fsp3) is 0.833. The second-order valence-corrected chi connectivity index (χ2v) is 2.51. The molecule has 14 heavy (non-hydrogen) atoms. The molecule has 0 saturated carbocycles. The summed E-state index contributed by atoms with van der Waals surface area (Å²) in [4.78, 5) is 10.1. The number of hydrogen-bond acceptors (Lipinski definition) is 6. The van der Waals surface area contributed by atoms with Gasteiger partial charge in [0.15, 0.2) is 6.10 Å². The number of carboxylic acids is 1. The standard InChI is InChI=1S/C6H12O7.In.3H/c7-1-2(8)3(9)4(10)5(11)6(12)13;;;;/h2-5,7-11H,1H2,(H,12,13);;;;. The van der Waals surface area contributed by atoms with Crippen LogP contribution in [-0.2, 0) is 4.79 Å². The fourth-order valence-electron chi connectivity index (χ4n) is 0.668. The van der Waals surface area contributed by atoms with Crippen molar-refractivity contribution in [1.29, 1.82) is 0 Å². The number of carboxylic acid groups (broad SMARTS) is 1. The quantitative estimate of drug-likeness (QED) is 0.300. The van der Waals surface area contributed by atoms with E-state index in [4.69, 9.17) is 30.6 Å². The number of aliphatic hydroxyl groups is 5. The Morgan fingerprint density at radius 3 is 1.79 bits per heavy atom. The molecule has 0 amide bonds. The maximum absolute atomic E-state index is 10.1. The van der Waals surface area contributed by atoms with Crippen molar-refractivity contribution in [2.45, 2.75) is 24.4 Å². The summed E-state index contributed by atoms with van der Waals surface area (Å²) >= 11 is 0. The molecule has 0 heterocycles. The molecule has 7 nitrogen and oxygen atoms in total. The van der Waals surface area contributed by atoms with Gasteiger partial charge in [-0.2, -0.15) is 0 Å². The third kappa shape index (κ3) is 4.58. The van der Waals surface area contributed by atoms with Crippen LogP contribution < -0.4 is 0 Å². The molecule has 0 aromatic rings. The Labute approximate surface area is 98.4 Å². The number of hydrogen-bond donors (Lipinski definition) is 6. The molecule has 0 rings (SSSR count). The zero-order valence-electron chi connectivity index (χ0n) is 6.61. The average molecular weight is 314 g/mol. The minimum absolute atomic E-state index is 0. The molecular formula is C6H15InO7. The van der Waals surface area contributed by atoms with Gasteiger partial charge in [0, 0.05) is 0 Å². The molecule has 0 aromatic carbocycles. The first kappa shape index (κ1) is 16.6. The first-order valence-corrected chi connectivity index (χ1v) is 3.47. The van der Waals surface area contributed by atoms with Crippen molar-refractivity contribution in [2.24, 2.45) is 0 Å². The Bertz CT molecular complexity index is 176. The van der Waals surface area contributed by atoms with E-state index in [-0.39, 0.29) is 25.8 Å². The summed E-state index contributed by atoms with van der Waals surface area (Å²) in [5, 5.41) is 51.8. The molecule has 0 aromatic heterocycles.